The summed E-state index contributed by atoms with van der Waals surface area (Å²) in [6.07, 6.45) is 4.64. The summed E-state index contributed by atoms with van der Waals surface area (Å²) in [5.41, 5.74) is 1.90. The number of quaternary nitrogens is 1. The molecule has 194 valence electrons. The van der Waals surface area contributed by atoms with Crippen LogP contribution in [-0.2, 0) is 9.59 Å². The van der Waals surface area contributed by atoms with Gasteiger partial charge in [0.25, 0.3) is 11.8 Å². The molecule has 2 aliphatic carbocycles. The molecule has 3 aliphatic rings. The molecule has 9 nitrogen and oxygen atoms in total. The summed E-state index contributed by atoms with van der Waals surface area (Å²) in [5, 5.41) is 19.2. The number of ether oxygens (including phenoxy) is 2. The lowest BCUT2D eigenvalue weighted by Crippen LogP contribution is -2.90. The number of aliphatic hydroxyl groups is 1. The van der Waals surface area contributed by atoms with Crippen LogP contribution in [0.4, 0.5) is 0 Å². The molecule has 1 unspecified atom stereocenters. The first kappa shape index (κ1) is 24.8. The molecule has 36 heavy (non-hydrogen) atoms. The van der Waals surface area contributed by atoms with Crippen LogP contribution >= 0.6 is 0 Å². The number of hydrogen-bond acceptors (Lipinski definition) is 6. The van der Waals surface area contributed by atoms with Crippen LogP contribution in [0.1, 0.15) is 63.5 Å². The van der Waals surface area contributed by atoms with Crippen molar-refractivity contribution in [1.82, 2.24) is 15.6 Å². The molecule has 2 amide bonds. The number of benzene rings is 1. The summed E-state index contributed by atoms with van der Waals surface area (Å²) in [4.78, 5) is 30.2. The third-order valence-corrected chi connectivity index (χ3v) is 7.33. The molecule has 1 saturated heterocycles. The Balaban J connectivity index is 1.23. The van der Waals surface area contributed by atoms with Gasteiger partial charge in [0.05, 0.1) is 25.1 Å². The Morgan fingerprint density at radius 3 is 2.72 bits per heavy atom. The number of aromatic nitrogens is 1. The third-order valence-electron chi connectivity index (χ3n) is 7.33. The van der Waals surface area contributed by atoms with E-state index < -0.39 is 18.1 Å². The fourth-order valence-corrected chi connectivity index (χ4v) is 4.90. The fourth-order valence-electron chi connectivity index (χ4n) is 4.90. The van der Waals surface area contributed by atoms with E-state index >= 15 is 0 Å². The number of nitrogens with zero attached hydrogens (tertiary/aromatic N) is 1. The van der Waals surface area contributed by atoms with Gasteiger partial charge in [-0.3, -0.25) is 14.6 Å². The first-order valence-electron chi connectivity index (χ1n) is 13.2. The Kier molecular flexibility index (Phi) is 7.29. The van der Waals surface area contributed by atoms with Crippen molar-refractivity contribution < 1.29 is 29.5 Å². The molecule has 1 aromatic carbocycles. The van der Waals surface area contributed by atoms with Gasteiger partial charge < -0.3 is 30.5 Å². The number of carbonyl (C=O) groups is 2. The standard InChI is InChI=1S/C27H36N4O5/c1-3-4-20(25(32)27(34)29-16-7-8-16)31-26(33)23-12-18(14-28-23)36-24-13-21(15-5-6-15)30-22-11-17(35-2)9-10-19(22)24/h9-11,13,15-16,18,20,23,25,28,32H,3-8,12,14H2,1-2H3,(H,29,34)(H,31,33)/p+1/t18-,20+,23+,25?/m1/s1. The maximum atomic E-state index is 13.1. The van der Waals surface area contributed by atoms with Crippen molar-refractivity contribution in [2.75, 3.05) is 13.7 Å². The highest BCUT2D eigenvalue weighted by molar-refractivity contribution is 5.87. The summed E-state index contributed by atoms with van der Waals surface area (Å²) >= 11 is 0. The quantitative estimate of drug-likeness (QED) is 0.369. The number of fused-ring (bicyclic) bond motifs is 1. The van der Waals surface area contributed by atoms with Gasteiger partial charge in [0, 0.05) is 35.2 Å². The van der Waals surface area contributed by atoms with Crippen molar-refractivity contribution in [3.63, 3.8) is 0 Å². The van der Waals surface area contributed by atoms with E-state index in [2.05, 4.69) is 10.6 Å². The van der Waals surface area contributed by atoms with Crippen LogP contribution in [0.5, 0.6) is 11.5 Å². The highest BCUT2D eigenvalue weighted by Gasteiger charge is 2.38. The van der Waals surface area contributed by atoms with Crippen LogP contribution < -0.4 is 25.4 Å². The summed E-state index contributed by atoms with van der Waals surface area (Å²) < 4.78 is 11.8. The molecule has 2 saturated carbocycles. The van der Waals surface area contributed by atoms with Crippen LogP contribution in [0.2, 0.25) is 0 Å². The van der Waals surface area contributed by atoms with Crippen molar-refractivity contribution in [1.29, 1.82) is 0 Å². The summed E-state index contributed by atoms with van der Waals surface area (Å²) in [6, 6.07) is 7.09. The SMILES string of the molecule is CCC[C@H](NC(=O)[C@@H]1C[C@@H](Oc2cc(C3CC3)nc3cc(OC)ccc23)C[NH2+]1)C(O)C(=O)NC1CC1. The van der Waals surface area contributed by atoms with Gasteiger partial charge in [-0.1, -0.05) is 13.3 Å². The van der Waals surface area contributed by atoms with E-state index in [1.165, 1.54) is 0 Å². The number of aliphatic hydroxyl groups excluding tert-OH is 1. The second-order valence-corrected chi connectivity index (χ2v) is 10.4. The molecule has 9 heteroatoms. The maximum absolute atomic E-state index is 13.1. The minimum absolute atomic E-state index is 0.131. The molecule has 5 N–H and O–H groups in total. The topological polar surface area (TPSA) is 126 Å². The molecule has 4 atom stereocenters. The minimum Gasteiger partial charge on any atom is -0.497 e. The Bertz CT molecular complexity index is 1120. The molecule has 0 radical (unpaired) electrons. The van der Waals surface area contributed by atoms with Gasteiger partial charge in [0.1, 0.15) is 18.0 Å². The predicted molar refractivity (Wildman–Crippen MR) is 134 cm³/mol. The van der Waals surface area contributed by atoms with Gasteiger partial charge >= 0.3 is 0 Å². The van der Waals surface area contributed by atoms with E-state index in [0.717, 1.165) is 60.2 Å². The normalized spacial score (nSPS) is 23.2. The van der Waals surface area contributed by atoms with Crippen molar-refractivity contribution in [3.8, 4) is 11.5 Å². The van der Waals surface area contributed by atoms with Crippen molar-refractivity contribution in [2.45, 2.75) is 88.1 Å². The number of nitrogens with two attached hydrogens (primary N) is 1. The van der Waals surface area contributed by atoms with Crippen molar-refractivity contribution in [2.24, 2.45) is 0 Å². The van der Waals surface area contributed by atoms with E-state index in [1.807, 2.05) is 36.5 Å². The first-order valence-corrected chi connectivity index (χ1v) is 13.2. The molecule has 0 bridgehead atoms. The third kappa shape index (κ3) is 5.73. The number of amides is 2. The van der Waals surface area contributed by atoms with E-state index in [9.17, 15) is 14.7 Å². The molecule has 2 heterocycles. The first-order chi connectivity index (χ1) is 17.4. The van der Waals surface area contributed by atoms with Gasteiger partial charge in [-0.15, -0.1) is 0 Å². The van der Waals surface area contributed by atoms with Crippen molar-refractivity contribution >= 4 is 22.7 Å². The van der Waals surface area contributed by atoms with Gasteiger partial charge in [0.2, 0.25) is 0 Å². The van der Waals surface area contributed by atoms with Crippen LogP contribution in [0.15, 0.2) is 24.3 Å². The molecule has 5 rings (SSSR count). The Morgan fingerprint density at radius 1 is 1.22 bits per heavy atom. The second kappa shape index (κ2) is 10.6. The van der Waals surface area contributed by atoms with Gasteiger partial charge in [-0.2, -0.15) is 0 Å². The lowest BCUT2D eigenvalue weighted by atomic mass is 10.0. The Hall–Kier alpha value is -2.91. The van der Waals surface area contributed by atoms with Crippen LogP contribution in [-0.4, -0.2) is 65.9 Å². The van der Waals surface area contributed by atoms with E-state index in [-0.39, 0.29) is 24.1 Å². The van der Waals surface area contributed by atoms with Gasteiger partial charge in [0.15, 0.2) is 18.2 Å². The number of pyridine rings is 1. The highest BCUT2D eigenvalue weighted by atomic mass is 16.5. The predicted octanol–water partition coefficient (Wildman–Crippen LogP) is 1.13. The molecule has 3 fully saturated rings. The monoisotopic (exact) mass is 497 g/mol. The Morgan fingerprint density at radius 2 is 2.03 bits per heavy atom. The molecular weight excluding hydrogens is 460 g/mol. The lowest BCUT2D eigenvalue weighted by molar-refractivity contribution is -0.659. The van der Waals surface area contributed by atoms with E-state index in [1.54, 1.807) is 7.11 Å². The van der Waals surface area contributed by atoms with Crippen LogP contribution in [0, 0.1) is 0 Å². The molecular formula is C27H37N4O5+. The summed E-state index contributed by atoms with van der Waals surface area (Å²) in [7, 11) is 1.65. The second-order valence-electron chi connectivity index (χ2n) is 10.4. The van der Waals surface area contributed by atoms with Gasteiger partial charge in [-0.05, 0) is 44.2 Å². The zero-order valence-electron chi connectivity index (χ0n) is 21.0. The van der Waals surface area contributed by atoms with Crippen LogP contribution in [0.25, 0.3) is 10.9 Å². The zero-order valence-corrected chi connectivity index (χ0v) is 21.0. The number of nitrogens with one attached hydrogen (secondary N) is 2. The van der Waals surface area contributed by atoms with Gasteiger partial charge in [-0.25, -0.2) is 0 Å². The Labute approximate surface area is 211 Å². The maximum Gasteiger partial charge on any atom is 0.278 e. The molecule has 1 aromatic heterocycles. The molecule has 2 aromatic rings. The molecule has 1 aliphatic heterocycles. The average molecular weight is 498 g/mol. The largest absolute Gasteiger partial charge is 0.497 e. The van der Waals surface area contributed by atoms with E-state index in [0.29, 0.717) is 25.3 Å². The average Bonchev–Trinajstić information content (AvgIpc) is 3.82. The number of hydrogen-bond donors (Lipinski definition) is 4. The summed E-state index contributed by atoms with van der Waals surface area (Å²) in [5.74, 6) is 1.46. The number of methoxy groups -OCH3 is 1. The highest BCUT2D eigenvalue weighted by Crippen LogP contribution is 2.42. The fraction of sp³-hybridized carbons (Fsp3) is 0.593. The zero-order chi connectivity index (χ0) is 25.2. The smallest absolute Gasteiger partial charge is 0.278 e. The van der Waals surface area contributed by atoms with Crippen LogP contribution in [0.3, 0.4) is 0 Å². The molecule has 0 spiro atoms. The number of carbonyl (C=O) groups excluding carboxylic acids is 2. The van der Waals surface area contributed by atoms with Crippen molar-refractivity contribution in [3.05, 3.63) is 30.0 Å². The lowest BCUT2D eigenvalue weighted by Gasteiger charge is -2.24. The van der Waals surface area contributed by atoms with E-state index in [4.69, 9.17) is 14.5 Å². The minimum atomic E-state index is -1.25. The number of rotatable bonds is 11. The summed E-state index contributed by atoms with van der Waals surface area (Å²) in [6.45, 7) is 2.63.